The van der Waals surface area contributed by atoms with Crippen molar-refractivity contribution in [2.45, 2.75) is 45.6 Å². The van der Waals surface area contributed by atoms with Gasteiger partial charge in [-0.2, -0.15) is 0 Å². The summed E-state index contributed by atoms with van der Waals surface area (Å²) in [7, 11) is 0. The first-order valence-corrected chi connectivity index (χ1v) is 11.5. The lowest BCUT2D eigenvalue weighted by Crippen LogP contribution is -2.45. The number of carbonyl (C=O) groups is 1. The van der Waals surface area contributed by atoms with Gasteiger partial charge in [-0.05, 0) is 75.1 Å². The minimum Gasteiger partial charge on any atom is -0.338 e. The molecule has 5 nitrogen and oxygen atoms in total. The van der Waals surface area contributed by atoms with Crippen LogP contribution in [0.2, 0.25) is 0 Å². The Hall–Kier alpha value is -1.11. The van der Waals surface area contributed by atoms with Gasteiger partial charge in [-0.25, -0.2) is 4.79 Å². The Balaban J connectivity index is 1.43. The van der Waals surface area contributed by atoms with Crippen LogP contribution in [0.25, 0.3) is 0 Å². The van der Waals surface area contributed by atoms with Gasteiger partial charge in [0.15, 0.2) is 0 Å². The number of rotatable bonds is 8. The van der Waals surface area contributed by atoms with Crippen molar-refractivity contribution < 1.29 is 4.79 Å². The van der Waals surface area contributed by atoms with E-state index in [1.807, 2.05) is 0 Å². The highest BCUT2D eigenvalue weighted by Gasteiger charge is 2.26. The molecule has 6 heteroatoms. The van der Waals surface area contributed by atoms with E-state index in [-0.39, 0.29) is 6.03 Å². The molecule has 2 aliphatic rings. The summed E-state index contributed by atoms with van der Waals surface area (Å²) in [6.07, 6.45) is 4.91. The van der Waals surface area contributed by atoms with Gasteiger partial charge in [-0.3, -0.25) is 4.90 Å². The van der Waals surface area contributed by atoms with Gasteiger partial charge in [0.2, 0.25) is 0 Å². The topological polar surface area (TPSA) is 47.6 Å². The lowest BCUT2D eigenvalue weighted by molar-refractivity contribution is 0.138. The summed E-state index contributed by atoms with van der Waals surface area (Å²) >= 11 is 1.80. The minimum absolute atomic E-state index is 0.0177. The first-order valence-electron chi connectivity index (χ1n) is 10.7. The Morgan fingerprint density at radius 2 is 2.07 bits per heavy atom. The molecule has 2 amide bonds. The van der Waals surface area contributed by atoms with E-state index >= 15 is 0 Å². The molecule has 2 unspecified atom stereocenters. The molecule has 1 aromatic heterocycles. The summed E-state index contributed by atoms with van der Waals surface area (Å²) in [5.74, 6) is 1.42. The van der Waals surface area contributed by atoms with Crippen LogP contribution in [0.3, 0.4) is 0 Å². The highest BCUT2D eigenvalue weighted by atomic mass is 32.1. The summed E-state index contributed by atoms with van der Waals surface area (Å²) in [6, 6.07) is 4.60. The van der Waals surface area contributed by atoms with Crippen molar-refractivity contribution in [3.63, 3.8) is 0 Å². The molecular weight excluding hydrogens is 356 g/mol. The Morgan fingerprint density at radius 3 is 2.78 bits per heavy atom. The van der Waals surface area contributed by atoms with Crippen molar-refractivity contribution >= 4 is 17.4 Å². The molecule has 27 heavy (non-hydrogen) atoms. The number of likely N-dealkylation sites (tertiary alicyclic amines) is 2. The summed E-state index contributed by atoms with van der Waals surface area (Å²) in [5, 5.41) is 8.38. The molecule has 1 aromatic rings. The molecule has 2 N–H and O–H groups in total. The van der Waals surface area contributed by atoms with E-state index in [0.29, 0.717) is 18.5 Å². The van der Waals surface area contributed by atoms with Gasteiger partial charge in [-0.1, -0.05) is 19.9 Å². The first kappa shape index (κ1) is 20.6. The average Bonchev–Trinajstić information content (AvgIpc) is 3.34. The van der Waals surface area contributed by atoms with Crippen LogP contribution in [0.5, 0.6) is 0 Å². The van der Waals surface area contributed by atoms with Crippen LogP contribution in [0.4, 0.5) is 4.79 Å². The second-order valence-electron chi connectivity index (χ2n) is 8.30. The molecular formula is C21H36N4OS. The van der Waals surface area contributed by atoms with Gasteiger partial charge >= 0.3 is 6.03 Å². The number of piperidine rings is 1. The van der Waals surface area contributed by atoms with Crippen molar-refractivity contribution in [3.8, 4) is 0 Å². The Kier molecular flexibility index (Phi) is 7.97. The predicted molar refractivity (Wildman–Crippen MR) is 113 cm³/mol. The van der Waals surface area contributed by atoms with Crippen LogP contribution in [-0.2, 0) is 0 Å². The van der Waals surface area contributed by atoms with Gasteiger partial charge in [0.25, 0.3) is 0 Å². The van der Waals surface area contributed by atoms with E-state index in [2.05, 4.69) is 51.8 Å². The Morgan fingerprint density at radius 1 is 1.26 bits per heavy atom. The quantitative estimate of drug-likeness (QED) is 0.711. The first-order chi connectivity index (χ1) is 13.2. The fraction of sp³-hybridized carbons (Fsp3) is 0.762. The number of hydrogen-bond acceptors (Lipinski definition) is 4. The average molecular weight is 393 g/mol. The number of thiophene rings is 1. The normalized spacial score (nSPS) is 23.4. The third-order valence-corrected chi connectivity index (χ3v) is 7.02. The van der Waals surface area contributed by atoms with Crippen LogP contribution in [-0.4, -0.2) is 61.6 Å². The number of amides is 2. The molecule has 2 aliphatic heterocycles. The van der Waals surface area contributed by atoms with Gasteiger partial charge in [0.05, 0.1) is 6.04 Å². The zero-order chi connectivity index (χ0) is 19.1. The second-order valence-corrected chi connectivity index (χ2v) is 9.28. The van der Waals surface area contributed by atoms with Crippen molar-refractivity contribution in [2.75, 3.05) is 45.8 Å². The molecule has 2 saturated heterocycles. The number of nitrogens with zero attached hydrogens (tertiary/aromatic N) is 2. The Bertz CT molecular complexity index is 557. The largest absolute Gasteiger partial charge is 0.338 e. The SMILES string of the molecule is CCCN1CCC(CNC(=O)NCC(c2cccs2)N2CCC(C)CC2)C1. The molecule has 152 valence electrons. The van der Waals surface area contributed by atoms with E-state index in [9.17, 15) is 4.79 Å². The fourth-order valence-electron chi connectivity index (χ4n) is 4.32. The van der Waals surface area contributed by atoms with Crippen LogP contribution in [0.15, 0.2) is 17.5 Å². The van der Waals surface area contributed by atoms with Crippen LogP contribution < -0.4 is 10.6 Å². The number of urea groups is 1. The maximum absolute atomic E-state index is 12.4. The van der Waals surface area contributed by atoms with E-state index < -0.39 is 0 Å². The lowest BCUT2D eigenvalue weighted by Gasteiger charge is -2.36. The van der Waals surface area contributed by atoms with E-state index in [4.69, 9.17) is 0 Å². The zero-order valence-electron chi connectivity index (χ0n) is 17.0. The van der Waals surface area contributed by atoms with Gasteiger partial charge in [0, 0.05) is 24.5 Å². The fourth-order valence-corrected chi connectivity index (χ4v) is 5.18. The van der Waals surface area contributed by atoms with Crippen LogP contribution in [0, 0.1) is 11.8 Å². The standard InChI is InChI=1S/C21H36N4OS/c1-3-9-24-10-8-18(16-24)14-22-21(26)23-15-19(20-5-4-13-27-20)25-11-6-17(2)7-12-25/h4-5,13,17-19H,3,6-12,14-16H2,1-2H3,(H2,22,23,26). The summed E-state index contributed by atoms with van der Waals surface area (Å²) in [6.45, 7) is 11.8. The summed E-state index contributed by atoms with van der Waals surface area (Å²) in [5.41, 5.74) is 0. The van der Waals surface area contributed by atoms with E-state index in [0.717, 1.165) is 32.1 Å². The molecule has 2 atom stereocenters. The van der Waals surface area contributed by atoms with Crippen molar-refractivity contribution in [3.05, 3.63) is 22.4 Å². The highest BCUT2D eigenvalue weighted by molar-refractivity contribution is 7.10. The van der Waals surface area contributed by atoms with Gasteiger partial charge < -0.3 is 15.5 Å². The molecule has 2 fully saturated rings. The maximum atomic E-state index is 12.4. The van der Waals surface area contributed by atoms with E-state index in [1.165, 1.54) is 43.6 Å². The van der Waals surface area contributed by atoms with Gasteiger partial charge in [-0.15, -0.1) is 11.3 Å². The molecule has 0 aliphatic carbocycles. The smallest absolute Gasteiger partial charge is 0.314 e. The number of carbonyl (C=O) groups excluding carboxylic acids is 1. The minimum atomic E-state index is -0.0177. The van der Waals surface area contributed by atoms with Crippen LogP contribution in [0.1, 0.15) is 50.4 Å². The molecule has 0 radical (unpaired) electrons. The highest BCUT2D eigenvalue weighted by Crippen LogP contribution is 2.29. The van der Waals surface area contributed by atoms with Crippen LogP contribution >= 0.6 is 11.3 Å². The predicted octanol–water partition coefficient (Wildman–Crippen LogP) is 3.55. The zero-order valence-corrected chi connectivity index (χ0v) is 17.8. The molecule has 0 saturated carbocycles. The van der Waals surface area contributed by atoms with Crippen molar-refractivity contribution in [1.29, 1.82) is 0 Å². The summed E-state index contributed by atoms with van der Waals surface area (Å²) < 4.78 is 0. The van der Waals surface area contributed by atoms with Crippen molar-refractivity contribution in [2.24, 2.45) is 11.8 Å². The molecule has 3 rings (SSSR count). The third kappa shape index (κ3) is 6.19. The number of nitrogens with one attached hydrogen (secondary N) is 2. The molecule has 0 bridgehead atoms. The monoisotopic (exact) mass is 392 g/mol. The third-order valence-electron chi connectivity index (χ3n) is 6.05. The maximum Gasteiger partial charge on any atom is 0.314 e. The Labute approximate surface area is 168 Å². The van der Waals surface area contributed by atoms with E-state index in [1.54, 1.807) is 11.3 Å². The van der Waals surface area contributed by atoms with Gasteiger partial charge in [0.1, 0.15) is 0 Å². The second kappa shape index (κ2) is 10.4. The van der Waals surface area contributed by atoms with Crippen molar-refractivity contribution in [1.82, 2.24) is 20.4 Å². The summed E-state index contributed by atoms with van der Waals surface area (Å²) in [4.78, 5) is 18.8. The number of hydrogen-bond donors (Lipinski definition) is 2. The molecule has 3 heterocycles. The molecule has 0 aromatic carbocycles. The molecule has 0 spiro atoms. The lowest BCUT2D eigenvalue weighted by atomic mass is 9.97.